The van der Waals surface area contributed by atoms with Gasteiger partial charge in [-0.2, -0.15) is 0 Å². The average molecular weight is 384 g/mol. The van der Waals surface area contributed by atoms with Crippen molar-refractivity contribution in [2.24, 2.45) is 0 Å². The first-order valence-corrected chi connectivity index (χ1v) is 11.3. The minimum absolute atomic E-state index is 0.719. The monoisotopic (exact) mass is 383 g/mol. The Morgan fingerprint density at radius 3 is 2.63 bits per heavy atom. The Bertz CT molecular complexity index is 792. The van der Waals surface area contributed by atoms with Gasteiger partial charge in [0, 0.05) is 37.6 Å². The zero-order valence-corrected chi connectivity index (χ0v) is 16.8. The molecule has 1 saturated heterocycles. The maximum Gasteiger partial charge on any atom is 0.110 e. The third kappa shape index (κ3) is 3.58. The molecular weight excluding hydrogens is 354 g/mol. The number of aliphatic hydroxyl groups is 1. The van der Waals surface area contributed by atoms with Gasteiger partial charge >= 0.3 is 0 Å². The zero-order valence-electron chi connectivity index (χ0n) is 15.9. The SMILES string of the molecule is OC1(c2csc(CN3CCc4ccccc4C3)n2)CCN(C2CCC2)CC1. The Kier molecular flexibility index (Phi) is 4.80. The van der Waals surface area contributed by atoms with Gasteiger partial charge in [0.2, 0.25) is 0 Å². The lowest BCUT2D eigenvalue weighted by Gasteiger charge is -2.44. The van der Waals surface area contributed by atoms with Crippen LogP contribution >= 0.6 is 11.3 Å². The molecule has 3 aliphatic rings. The Labute approximate surface area is 165 Å². The van der Waals surface area contributed by atoms with Crippen LogP contribution in [0.4, 0.5) is 0 Å². The fraction of sp³-hybridized carbons (Fsp3) is 0.591. The molecule has 5 heteroatoms. The summed E-state index contributed by atoms with van der Waals surface area (Å²) >= 11 is 1.71. The summed E-state index contributed by atoms with van der Waals surface area (Å²) in [6, 6.07) is 9.54. The molecule has 1 N–H and O–H groups in total. The molecule has 0 spiro atoms. The third-order valence-electron chi connectivity index (χ3n) is 6.81. The molecule has 0 radical (unpaired) electrons. The van der Waals surface area contributed by atoms with Crippen molar-refractivity contribution in [1.29, 1.82) is 0 Å². The van der Waals surface area contributed by atoms with E-state index in [1.54, 1.807) is 11.3 Å². The maximum atomic E-state index is 11.2. The van der Waals surface area contributed by atoms with Crippen molar-refractivity contribution in [1.82, 2.24) is 14.8 Å². The lowest BCUT2D eigenvalue weighted by Crippen LogP contribution is -2.49. The topological polar surface area (TPSA) is 39.6 Å². The van der Waals surface area contributed by atoms with E-state index in [0.717, 1.165) is 68.7 Å². The van der Waals surface area contributed by atoms with Crippen molar-refractivity contribution >= 4 is 11.3 Å². The first-order valence-electron chi connectivity index (χ1n) is 10.4. The summed E-state index contributed by atoms with van der Waals surface area (Å²) in [5.74, 6) is 0. The predicted molar refractivity (Wildman–Crippen MR) is 109 cm³/mol. The second kappa shape index (κ2) is 7.28. The minimum atomic E-state index is -0.719. The quantitative estimate of drug-likeness (QED) is 0.877. The van der Waals surface area contributed by atoms with E-state index < -0.39 is 5.60 Å². The van der Waals surface area contributed by atoms with E-state index in [1.807, 2.05) is 0 Å². The first kappa shape index (κ1) is 17.8. The van der Waals surface area contributed by atoms with Gasteiger partial charge in [0.25, 0.3) is 0 Å². The number of hydrogen-bond donors (Lipinski definition) is 1. The number of likely N-dealkylation sites (tertiary alicyclic amines) is 1. The largest absolute Gasteiger partial charge is 0.383 e. The van der Waals surface area contributed by atoms with Crippen molar-refractivity contribution in [3.8, 4) is 0 Å². The Hall–Kier alpha value is -1.27. The molecule has 4 nitrogen and oxygen atoms in total. The van der Waals surface area contributed by atoms with Crippen molar-refractivity contribution in [3.05, 3.63) is 51.5 Å². The normalized spacial score (nSPS) is 23.7. The van der Waals surface area contributed by atoms with Crippen LogP contribution in [0.2, 0.25) is 0 Å². The van der Waals surface area contributed by atoms with Gasteiger partial charge in [-0.05, 0) is 43.2 Å². The zero-order chi connectivity index (χ0) is 18.3. The molecular formula is C22H29N3OS. The van der Waals surface area contributed by atoms with Gasteiger partial charge in [-0.1, -0.05) is 30.7 Å². The van der Waals surface area contributed by atoms with E-state index in [1.165, 1.54) is 30.4 Å². The van der Waals surface area contributed by atoms with Crippen LogP contribution in [0.15, 0.2) is 29.6 Å². The number of piperidine rings is 1. The lowest BCUT2D eigenvalue weighted by atomic mass is 9.84. The van der Waals surface area contributed by atoms with Gasteiger partial charge in [0.15, 0.2) is 0 Å². The van der Waals surface area contributed by atoms with Gasteiger partial charge in [0.05, 0.1) is 12.2 Å². The molecule has 3 heterocycles. The summed E-state index contributed by atoms with van der Waals surface area (Å²) in [5, 5.41) is 14.4. The van der Waals surface area contributed by atoms with E-state index in [2.05, 4.69) is 39.4 Å². The van der Waals surface area contributed by atoms with Crippen LogP contribution in [-0.2, 0) is 25.1 Å². The summed E-state index contributed by atoms with van der Waals surface area (Å²) in [6.07, 6.45) is 6.83. The highest BCUT2D eigenvalue weighted by atomic mass is 32.1. The van der Waals surface area contributed by atoms with Gasteiger partial charge < -0.3 is 10.0 Å². The van der Waals surface area contributed by atoms with Crippen molar-refractivity contribution in [2.75, 3.05) is 19.6 Å². The number of rotatable bonds is 4. The van der Waals surface area contributed by atoms with Crippen LogP contribution in [-0.4, -0.2) is 45.6 Å². The summed E-state index contributed by atoms with van der Waals surface area (Å²) in [7, 11) is 0. The summed E-state index contributed by atoms with van der Waals surface area (Å²) in [6.45, 7) is 5.01. The van der Waals surface area contributed by atoms with Crippen LogP contribution in [0.5, 0.6) is 0 Å². The molecule has 27 heavy (non-hydrogen) atoms. The smallest absolute Gasteiger partial charge is 0.110 e. The number of nitrogens with zero attached hydrogens (tertiary/aromatic N) is 3. The summed E-state index contributed by atoms with van der Waals surface area (Å²) in [5.41, 5.74) is 3.13. The Balaban J connectivity index is 1.21. The second-order valence-electron chi connectivity index (χ2n) is 8.51. The first-order chi connectivity index (χ1) is 13.2. The van der Waals surface area contributed by atoms with E-state index >= 15 is 0 Å². The third-order valence-corrected chi connectivity index (χ3v) is 7.65. The van der Waals surface area contributed by atoms with Crippen LogP contribution in [0.1, 0.15) is 53.9 Å². The van der Waals surface area contributed by atoms with Gasteiger partial charge in [-0.25, -0.2) is 4.98 Å². The summed E-state index contributed by atoms with van der Waals surface area (Å²) < 4.78 is 0. The number of fused-ring (bicyclic) bond motifs is 1. The molecule has 5 rings (SSSR count). The van der Waals surface area contributed by atoms with E-state index in [-0.39, 0.29) is 0 Å². The summed E-state index contributed by atoms with van der Waals surface area (Å²) in [4.78, 5) is 9.93. The van der Waals surface area contributed by atoms with Crippen molar-refractivity contribution < 1.29 is 5.11 Å². The standard InChI is InChI=1S/C22H29N3OS/c26-22(9-12-25(13-10-22)19-6-3-7-19)20-16-27-21(23-20)15-24-11-8-17-4-1-2-5-18(17)14-24/h1-2,4-5,16,19,26H,3,6-15H2. The van der Waals surface area contributed by atoms with E-state index in [0.29, 0.717) is 0 Å². The van der Waals surface area contributed by atoms with Crippen LogP contribution in [0.25, 0.3) is 0 Å². The fourth-order valence-electron chi connectivity index (χ4n) is 4.74. The minimum Gasteiger partial charge on any atom is -0.383 e. The molecule has 144 valence electrons. The molecule has 0 unspecified atom stereocenters. The number of thiazole rings is 1. The molecule has 1 aromatic heterocycles. The molecule has 2 aromatic rings. The number of benzene rings is 1. The molecule has 1 saturated carbocycles. The highest BCUT2D eigenvalue weighted by Gasteiger charge is 2.38. The maximum absolute atomic E-state index is 11.2. The highest BCUT2D eigenvalue weighted by molar-refractivity contribution is 7.09. The second-order valence-corrected chi connectivity index (χ2v) is 9.45. The molecule has 1 aromatic carbocycles. The molecule has 0 atom stereocenters. The van der Waals surface area contributed by atoms with Crippen LogP contribution in [0.3, 0.4) is 0 Å². The van der Waals surface area contributed by atoms with Gasteiger partial charge in [-0.15, -0.1) is 11.3 Å². The average Bonchev–Trinajstić information content (AvgIpc) is 3.12. The molecule has 0 amide bonds. The molecule has 0 bridgehead atoms. The van der Waals surface area contributed by atoms with Gasteiger partial charge in [0.1, 0.15) is 10.6 Å². The van der Waals surface area contributed by atoms with E-state index in [4.69, 9.17) is 4.98 Å². The van der Waals surface area contributed by atoms with Crippen LogP contribution < -0.4 is 0 Å². The predicted octanol–water partition coefficient (Wildman–Crippen LogP) is 3.54. The molecule has 2 aliphatic heterocycles. The number of aromatic nitrogens is 1. The highest BCUT2D eigenvalue weighted by Crippen LogP contribution is 2.37. The van der Waals surface area contributed by atoms with E-state index in [9.17, 15) is 5.11 Å². The molecule has 2 fully saturated rings. The Morgan fingerprint density at radius 1 is 1.11 bits per heavy atom. The number of hydrogen-bond acceptors (Lipinski definition) is 5. The Morgan fingerprint density at radius 2 is 1.89 bits per heavy atom. The van der Waals surface area contributed by atoms with Gasteiger partial charge in [-0.3, -0.25) is 4.90 Å². The van der Waals surface area contributed by atoms with Crippen LogP contribution in [0, 0.1) is 0 Å². The van der Waals surface area contributed by atoms with Crippen molar-refractivity contribution in [3.63, 3.8) is 0 Å². The fourth-order valence-corrected chi connectivity index (χ4v) is 5.67. The molecule has 1 aliphatic carbocycles. The lowest BCUT2D eigenvalue weighted by molar-refractivity contribution is -0.0467. The van der Waals surface area contributed by atoms with Crippen molar-refractivity contribution in [2.45, 2.75) is 63.3 Å².